The van der Waals surface area contributed by atoms with E-state index in [2.05, 4.69) is 31.8 Å². The molecule has 1 aromatic carbocycles. The van der Waals surface area contributed by atoms with Crippen molar-refractivity contribution in [2.24, 2.45) is 5.10 Å². The number of rotatable bonds is 8. The first-order valence-corrected chi connectivity index (χ1v) is 8.53. The van der Waals surface area contributed by atoms with Crippen molar-refractivity contribution >= 4 is 34.0 Å². The van der Waals surface area contributed by atoms with E-state index in [-0.39, 0.29) is 0 Å². The Kier molecular flexibility index (Phi) is 8.85. The summed E-state index contributed by atoms with van der Waals surface area (Å²) in [5.41, 5.74) is 2.86. The smallest absolute Gasteiger partial charge is 0.329 e. The van der Waals surface area contributed by atoms with Crippen molar-refractivity contribution in [3.63, 3.8) is 0 Å². The molecule has 2 amide bonds. The summed E-state index contributed by atoms with van der Waals surface area (Å²) < 4.78 is 11.8. The van der Waals surface area contributed by atoms with Crippen molar-refractivity contribution in [2.45, 2.75) is 27.2 Å². The average Bonchev–Trinajstić information content (AvgIpc) is 2.55. The minimum Gasteiger partial charge on any atom is -0.490 e. The van der Waals surface area contributed by atoms with Crippen LogP contribution in [0.1, 0.15) is 32.8 Å². The zero-order valence-electron chi connectivity index (χ0n) is 14.0. The van der Waals surface area contributed by atoms with Gasteiger partial charge >= 0.3 is 11.8 Å². The van der Waals surface area contributed by atoms with Crippen LogP contribution < -0.4 is 20.2 Å². The molecule has 8 heteroatoms. The van der Waals surface area contributed by atoms with E-state index in [1.54, 1.807) is 12.1 Å². The Morgan fingerprint density at radius 1 is 1.17 bits per heavy atom. The first-order valence-electron chi connectivity index (χ1n) is 7.73. The zero-order chi connectivity index (χ0) is 17.9. The Balaban J connectivity index is 2.80. The van der Waals surface area contributed by atoms with Crippen molar-refractivity contribution < 1.29 is 19.1 Å². The number of hydrogen-bond donors (Lipinski definition) is 2. The minimum atomic E-state index is -0.810. The molecule has 0 radical (unpaired) electrons. The first kappa shape index (κ1) is 20.0. The highest BCUT2D eigenvalue weighted by Crippen LogP contribution is 2.36. The number of carbonyl (C=O) groups is 2. The van der Waals surface area contributed by atoms with Gasteiger partial charge in [0.15, 0.2) is 11.5 Å². The van der Waals surface area contributed by atoms with Gasteiger partial charge < -0.3 is 14.8 Å². The molecule has 0 aliphatic carbocycles. The van der Waals surface area contributed by atoms with Crippen LogP contribution in [0, 0.1) is 0 Å². The number of nitrogens with one attached hydrogen (secondary N) is 2. The molecule has 132 valence electrons. The maximum atomic E-state index is 11.5. The fraction of sp³-hybridized carbons (Fsp3) is 0.438. The SMILES string of the molecule is CCCNC(=O)C(=O)N/N=C\c1cc(Br)c(OCC)c(OCC)c1. The van der Waals surface area contributed by atoms with Crippen LogP contribution in [0.25, 0.3) is 0 Å². The molecule has 24 heavy (non-hydrogen) atoms. The Bertz CT molecular complexity index is 605. The molecule has 1 rings (SSSR count). The normalized spacial score (nSPS) is 10.5. The van der Waals surface area contributed by atoms with Crippen LogP contribution in [0.3, 0.4) is 0 Å². The maximum absolute atomic E-state index is 11.5. The van der Waals surface area contributed by atoms with Crippen LogP contribution in [0.4, 0.5) is 0 Å². The van der Waals surface area contributed by atoms with Crippen LogP contribution >= 0.6 is 15.9 Å². The zero-order valence-corrected chi connectivity index (χ0v) is 15.6. The van der Waals surface area contributed by atoms with Crippen LogP contribution in [0.15, 0.2) is 21.7 Å². The fourth-order valence-electron chi connectivity index (χ4n) is 1.74. The molecule has 0 saturated carbocycles. The van der Waals surface area contributed by atoms with Gasteiger partial charge in [0.25, 0.3) is 0 Å². The van der Waals surface area contributed by atoms with Crippen molar-refractivity contribution in [3.8, 4) is 11.5 Å². The summed E-state index contributed by atoms with van der Waals surface area (Å²) >= 11 is 3.42. The van der Waals surface area contributed by atoms with Gasteiger partial charge in [-0.1, -0.05) is 6.92 Å². The number of amides is 2. The van der Waals surface area contributed by atoms with Gasteiger partial charge in [0.05, 0.1) is 23.9 Å². The van der Waals surface area contributed by atoms with E-state index in [4.69, 9.17) is 9.47 Å². The second kappa shape index (κ2) is 10.6. The van der Waals surface area contributed by atoms with Crippen LogP contribution in [0.5, 0.6) is 11.5 Å². The van der Waals surface area contributed by atoms with Gasteiger partial charge in [0.2, 0.25) is 0 Å². The van der Waals surface area contributed by atoms with Crippen LogP contribution in [-0.4, -0.2) is 37.8 Å². The Morgan fingerprint density at radius 2 is 1.88 bits per heavy atom. The lowest BCUT2D eigenvalue weighted by atomic mass is 10.2. The summed E-state index contributed by atoms with van der Waals surface area (Å²) in [6, 6.07) is 3.52. The molecule has 0 aromatic heterocycles. The molecular formula is C16H22BrN3O4. The number of hydrogen-bond acceptors (Lipinski definition) is 5. The summed E-state index contributed by atoms with van der Waals surface area (Å²) in [6.45, 7) is 7.10. The lowest BCUT2D eigenvalue weighted by Gasteiger charge is -2.13. The molecule has 0 heterocycles. The molecule has 1 aromatic rings. The summed E-state index contributed by atoms with van der Waals surface area (Å²) in [5, 5.41) is 6.25. The molecule has 0 aliphatic heterocycles. The molecular weight excluding hydrogens is 378 g/mol. The molecule has 7 nitrogen and oxygen atoms in total. The third kappa shape index (κ3) is 6.19. The fourth-order valence-corrected chi connectivity index (χ4v) is 2.32. The molecule has 0 bridgehead atoms. The van der Waals surface area contributed by atoms with Crippen molar-refractivity contribution in [1.82, 2.24) is 10.7 Å². The number of hydrazone groups is 1. The second-order valence-corrected chi connectivity index (χ2v) is 5.51. The molecule has 0 atom stereocenters. The van der Waals surface area contributed by atoms with Gasteiger partial charge in [0, 0.05) is 6.54 Å². The minimum absolute atomic E-state index is 0.444. The molecule has 0 aliphatic rings. The molecule has 0 spiro atoms. The Morgan fingerprint density at radius 3 is 2.50 bits per heavy atom. The maximum Gasteiger partial charge on any atom is 0.329 e. The first-order chi connectivity index (χ1) is 11.5. The highest BCUT2D eigenvalue weighted by Gasteiger charge is 2.12. The molecule has 2 N–H and O–H groups in total. The number of nitrogens with zero attached hydrogens (tertiary/aromatic N) is 1. The van der Waals surface area contributed by atoms with E-state index in [9.17, 15) is 9.59 Å². The topological polar surface area (TPSA) is 89.0 Å². The highest BCUT2D eigenvalue weighted by atomic mass is 79.9. The number of carbonyl (C=O) groups excluding carboxylic acids is 2. The van der Waals surface area contributed by atoms with E-state index in [0.717, 1.165) is 6.42 Å². The predicted octanol–water partition coefficient (Wildman–Crippen LogP) is 2.22. The number of halogens is 1. The standard InChI is InChI=1S/C16H22BrN3O4/c1-4-7-18-15(21)16(22)20-19-10-11-8-12(17)14(24-6-3)13(9-11)23-5-2/h8-10H,4-7H2,1-3H3,(H,18,21)(H,20,22)/b19-10-. The average molecular weight is 400 g/mol. The third-order valence-electron chi connectivity index (χ3n) is 2.74. The largest absolute Gasteiger partial charge is 0.490 e. The molecule has 0 fully saturated rings. The monoisotopic (exact) mass is 399 g/mol. The van der Waals surface area contributed by atoms with Crippen molar-refractivity contribution in [2.75, 3.05) is 19.8 Å². The number of benzene rings is 1. The lowest BCUT2D eigenvalue weighted by Crippen LogP contribution is -2.38. The third-order valence-corrected chi connectivity index (χ3v) is 3.33. The molecule has 0 unspecified atom stereocenters. The van der Waals surface area contributed by atoms with E-state index >= 15 is 0 Å². The van der Waals surface area contributed by atoms with Gasteiger partial charge in [-0.25, -0.2) is 5.43 Å². The van der Waals surface area contributed by atoms with Crippen molar-refractivity contribution in [1.29, 1.82) is 0 Å². The summed E-state index contributed by atoms with van der Waals surface area (Å²) in [4.78, 5) is 22.9. The highest BCUT2D eigenvalue weighted by molar-refractivity contribution is 9.10. The Hall–Kier alpha value is -2.09. The lowest BCUT2D eigenvalue weighted by molar-refractivity contribution is -0.139. The summed E-state index contributed by atoms with van der Waals surface area (Å²) in [5.74, 6) is -0.340. The van der Waals surface area contributed by atoms with E-state index in [1.807, 2.05) is 20.8 Å². The van der Waals surface area contributed by atoms with Crippen LogP contribution in [-0.2, 0) is 9.59 Å². The van der Waals surface area contributed by atoms with Gasteiger partial charge in [-0.3, -0.25) is 9.59 Å². The Labute approximate surface area is 149 Å². The van der Waals surface area contributed by atoms with Gasteiger partial charge in [-0.05, 0) is 53.9 Å². The van der Waals surface area contributed by atoms with Gasteiger partial charge in [0.1, 0.15) is 0 Å². The molecule has 0 saturated heterocycles. The summed E-state index contributed by atoms with van der Waals surface area (Å²) in [7, 11) is 0. The van der Waals surface area contributed by atoms with E-state index < -0.39 is 11.8 Å². The van der Waals surface area contributed by atoms with Gasteiger partial charge in [-0.15, -0.1) is 0 Å². The predicted molar refractivity (Wildman–Crippen MR) is 95.5 cm³/mol. The van der Waals surface area contributed by atoms with Gasteiger partial charge in [-0.2, -0.15) is 5.10 Å². The van der Waals surface area contributed by atoms with E-state index in [1.165, 1.54) is 6.21 Å². The quantitative estimate of drug-likeness (QED) is 0.398. The van der Waals surface area contributed by atoms with Crippen LogP contribution in [0.2, 0.25) is 0 Å². The van der Waals surface area contributed by atoms with E-state index in [0.29, 0.717) is 41.3 Å². The second-order valence-electron chi connectivity index (χ2n) is 4.65. The van der Waals surface area contributed by atoms with Crippen molar-refractivity contribution in [3.05, 3.63) is 22.2 Å². The number of ether oxygens (including phenoxy) is 2. The summed E-state index contributed by atoms with van der Waals surface area (Å²) in [6.07, 6.45) is 2.18.